The first kappa shape index (κ1) is 51.3. The van der Waals surface area contributed by atoms with Gasteiger partial charge in [0.15, 0.2) is 0 Å². The second kappa shape index (κ2) is 41.5. The Morgan fingerprint density at radius 2 is 0.692 bits per heavy atom. The van der Waals surface area contributed by atoms with Crippen molar-refractivity contribution in [3.63, 3.8) is 0 Å². The van der Waals surface area contributed by atoms with Gasteiger partial charge in [-0.05, 0) is 75.7 Å². The summed E-state index contributed by atoms with van der Waals surface area (Å²) in [4.78, 5) is 37.8. The van der Waals surface area contributed by atoms with Crippen LogP contribution in [0.3, 0.4) is 0 Å². The molecule has 0 fully saturated rings. The zero-order chi connectivity index (χ0) is 38.2. The van der Waals surface area contributed by atoms with E-state index in [4.69, 9.17) is 9.47 Å². The van der Waals surface area contributed by atoms with Crippen molar-refractivity contribution in [2.45, 2.75) is 245 Å². The van der Waals surface area contributed by atoms with Crippen molar-refractivity contribution in [1.82, 2.24) is 0 Å². The van der Waals surface area contributed by atoms with E-state index in [0.717, 1.165) is 100 Å². The first-order chi connectivity index (χ1) is 25.5. The summed E-state index contributed by atoms with van der Waals surface area (Å²) in [5.41, 5.74) is 0. The van der Waals surface area contributed by atoms with E-state index in [-0.39, 0.29) is 24.1 Å². The number of hydrogen-bond donors (Lipinski definition) is 0. The molecule has 0 aliphatic carbocycles. The Kier molecular flexibility index (Phi) is 40.9. The third-order valence-corrected chi connectivity index (χ3v) is 12.3. The third kappa shape index (κ3) is 37.6. The number of hydrogen-bond acceptors (Lipinski definition) is 7. The molecule has 0 aromatic carbocycles. The van der Waals surface area contributed by atoms with Crippen LogP contribution in [-0.2, 0) is 23.9 Å². The quantitative estimate of drug-likeness (QED) is 0.0452. The summed E-state index contributed by atoms with van der Waals surface area (Å²) < 4.78 is 11.9. The number of unbranched alkanes of at least 4 members (excludes halogenated alkanes) is 20. The summed E-state index contributed by atoms with van der Waals surface area (Å²) in [5.74, 6) is 4.37. The first-order valence-corrected chi connectivity index (χ1v) is 24.8. The van der Waals surface area contributed by atoms with Gasteiger partial charge in [-0.3, -0.25) is 14.4 Å². The maximum absolute atomic E-state index is 12.6. The van der Waals surface area contributed by atoms with Crippen LogP contribution in [0.2, 0.25) is 0 Å². The maximum Gasteiger partial charge on any atom is 0.306 e. The number of ether oxygens (including phenoxy) is 2. The van der Waals surface area contributed by atoms with Gasteiger partial charge in [-0.25, -0.2) is 0 Å². The molecule has 7 heteroatoms. The first-order valence-electron chi connectivity index (χ1n) is 22.5. The third-order valence-electron chi connectivity index (χ3n) is 9.92. The highest BCUT2D eigenvalue weighted by Gasteiger charge is 2.16. The second-order valence-corrected chi connectivity index (χ2v) is 17.6. The summed E-state index contributed by atoms with van der Waals surface area (Å²) in [6, 6.07) is 0. The molecule has 0 aliphatic heterocycles. The molecule has 0 N–H and O–H groups in total. The lowest BCUT2D eigenvalue weighted by Gasteiger charge is -2.18. The normalized spacial score (nSPS) is 12.5. The zero-order valence-electron chi connectivity index (χ0n) is 35.0. The van der Waals surface area contributed by atoms with Crippen LogP contribution >= 0.6 is 23.5 Å². The fraction of sp³-hybridized carbons (Fsp3) is 0.933. The molecule has 5 nitrogen and oxygen atoms in total. The van der Waals surface area contributed by atoms with Crippen LogP contribution in [0.1, 0.15) is 233 Å². The molecular weight excluding hydrogens is 685 g/mol. The molecule has 0 bridgehead atoms. The van der Waals surface area contributed by atoms with Gasteiger partial charge in [-0.15, -0.1) is 0 Å². The van der Waals surface area contributed by atoms with Gasteiger partial charge in [0.1, 0.15) is 18.0 Å². The summed E-state index contributed by atoms with van der Waals surface area (Å²) in [6.07, 6.45) is 34.4. The number of ketones is 1. The van der Waals surface area contributed by atoms with Crippen molar-refractivity contribution in [2.24, 2.45) is 0 Å². The average molecular weight is 771 g/mol. The molecule has 2 atom stereocenters. The van der Waals surface area contributed by atoms with Gasteiger partial charge in [-0.1, -0.05) is 143 Å². The summed E-state index contributed by atoms with van der Waals surface area (Å²) in [7, 11) is 0. The Balaban J connectivity index is 4.33. The van der Waals surface area contributed by atoms with E-state index < -0.39 is 0 Å². The van der Waals surface area contributed by atoms with Crippen molar-refractivity contribution >= 4 is 41.2 Å². The highest BCUT2D eigenvalue weighted by Crippen LogP contribution is 2.20. The average Bonchev–Trinajstić information content (AvgIpc) is 3.13. The summed E-state index contributed by atoms with van der Waals surface area (Å²) in [5, 5.41) is 0. The Morgan fingerprint density at radius 3 is 1.08 bits per heavy atom. The van der Waals surface area contributed by atoms with Crippen molar-refractivity contribution in [3.05, 3.63) is 0 Å². The smallest absolute Gasteiger partial charge is 0.306 e. The highest BCUT2D eigenvalue weighted by molar-refractivity contribution is 7.99. The number of carbonyl (C=O) groups is 3. The van der Waals surface area contributed by atoms with Gasteiger partial charge in [-0.2, -0.15) is 23.5 Å². The maximum atomic E-state index is 12.6. The van der Waals surface area contributed by atoms with E-state index >= 15 is 0 Å². The number of carbonyl (C=O) groups excluding carboxylic acids is 3. The molecule has 0 spiro atoms. The Hall–Kier alpha value is -0.690. The molecule has 0 amide bonds. The van der Waals surface area contributed by atoms with Crippen molar-refractivity contribution in [1.29, 1.82) is 0 Å². The minimum atomic E-state index is -0.0263. The molecule has 0 saturated carbocycles. The van der Waals surface area contributed by atoms with Gasteiger partial charge in [0.25, 0.3) is 0 Å². The minimum absolute atomic E-state index is 0.00228. The zero-order valence-corrected chi connectivity index (χ0v) is 36.6. The molecule has 308 valence electrons. The van der Waals surface area contributed by atoms with Gasteiger partial charge in [0.2, 0.25) is 0 Å². The van der Waals surface area contributed by atoms with Crippen LogP contribution in [0.25, 0.3) is 0 Å². The summed E-state index contributed by atoms with van der Waals surface area (Å²) in [6.45, 7) is 8.94. The van der Waals surface area contributed by atoms with Crippen LogP contribution < -0.4 is 0 Å². The molecule has 0 radical (unpaired) electrons. The molecular formula is C45H86O5S2. The topological polar surface area (TPSA) is 69.7 Å². The van der Waals surface area contributed by atoms with Gasteiger partial charge < -0.3 is 9.47 Å². The number of rotatable bonds is 42. The number of Topliss-reactive ketones (excluding diaryl/α,β-unsaturated/α-hetero) is 1. The van der Waals surface area contributed by atoms with Crippen LogP contribution in [0.4, 0.5) is 0 Å². The van der Waals surface area contributed by atoms with E-state index in [1.54, 1.807) is 0 Å². The van der Waals surface area contributed by atoms with Crippen LogP contribution in [0.15, 0.2) is 0 Å². The molecule has 52 heavy (non-hydrogen) atoms. The monoisotopic (exact) mass is 771 g/mol. The fourth-order valence-electron chi connectivity index (χ4n) is 6.50. The van der Waals surface area contributed by atoms with E-state index in [0.29, 0.717) is 31.5 Å². The Morgan fingerprint density at radius 1 is 0.385 bits per heavy atom. The predicted molar refractivity (Wildman–Crippen MR) is 230 cm³/mol. The molecule has 0 aliphatic rings. The molecule has 0 aromatic rings. The number of thioether (sulfide) groups is 2. The fourth-order valence-corrected chi connectivity index (χ4v) is 8.64. The molecule has 2 unspecified atom stereocenters. The molecule has 0 aromatic heterocycles. The predicted octanol–water partition coefficient (Wildman–Crippen LogP) is 14.4. The van der Waals surface area contributed by atoms with Crippen LogP contribution in [0, 0.1) is 0 Å². The van der Waals surface area contributed by atoms with Crippen LogP contribution in [0.5, 0.6) is 0 Å². The lowest BCUT2D eigenvalue weighted by Crippen LogP contribution is -2.21. The molecule has 0 heterocycles. The standard InChI is InChI=1S/C45H86O5S2/c1-5-9-13-15-17-19-27-35-44(47)49-42(39-51-37-29-11-7-3)33-25-21-23-31-41(46)32-24-22-26-34-43(40-52-38-30-12-8-4)50-45(48)36-28-20-18-16-14-10-6-2/h42-43H,5-40H2,1-4H3. The SMILES string of the molecule is CCCCCCCCCC(=O)OC(CCCCCC(=O)CCCCCC(CSCCCCC)OC(=O)CCCCCCCCC)CSCCCCC. The van der Waals surface area contributed by atoms with Gasteiger partial charge in [0.05, 0.1) is 0 Å². The molecule has 0 rings (SSSR count). The van der Waals surface area contributed by atoms with E-state index in [1.807, 2.05) is 23.5 Å². The van der Waals surface area contributed by atoms with Crippen molar-refractivity contribution < 1.29 is 23.9 Å². The van der Waals surface area contributed by atoms with Gasteiger partial charge in [0, 0.05) is 37.2 Å². The Bertz CT molecular complexity index is 730. The van der Waals surface area contributed by atoms with Crippen molar-refractivity contribution in [3.8, 4) is 0 Å². The number of esters is 2. The van der Waals surface area contributed by atoms with Gasteiger partial charge >= 0.3 is 11.9 Å². The van der Waals surface area contributed by atoms with Crippen LogP contribution in [-0.4, -0.2) is 52.9 Å². The molecule has 0 saturated heterocycles. The van der Waals surface area contributed by atoms with E-state index in [9.17, 15) is 14.4 Å². The largest absolute Gasteiger partial charge is 0.461 e. The van der Waals surface area contributed by atoms with Crippen molar-refractivity contribution in [2.75, 3.05) is 23.0 Å². The lowest BCUT2D eigenvalue weighted by atomic mass is 10.0. The van der Waals surface area contributed by atoms with E-state index in [2.05, 4.69) is 27.7 Å². The Labute approximate surface area is 332 Å². The van der Waals surface area contributed by atoms with E-state index in [1.165, 1.54) is 103 Å². The second-order valence-electron chi connectivity index (χ2n) is 15.3. The lowest BCUT2D eigenvalue weighted by molar-refractivity contribution is -0.149. The summed E-state index contributed by atoms with van der Waals surface area (Å²) >= 11 is 3.85. The minimum Gasteiger partial charge on any atom is -0.461 e. The highest BCUT2D eigenvalue weighted by atomic mass is 32.2.